The fourth-order valence-electron chi connectivity index (χ4n) is 3.63. The van der Waals surface area contributed by atoms with E-state index in [1.165, 1.54) is 0 Å². The molecule has 3 rings (SSSR count). The number of ether oxygens (including phenoxy) is 3. The number of carbonyl (C=O) groups is 4. The molecule has 2 amide bonds. The highest BCUT2D eigenvalue weighted by Crippen LogP contribution is 2.43. The van der Waals surface area contributed by atoms with Crippen LogP contribution < -0.4 is 5.32 Å². The lowest BCUT2D eigenvalue weighted by Gasteiger charge is -2.31. The average molecular weight is 438 g/mol. The van der Waals surface area contributed by atoms with E-state index < -0.39 is 36.0 Å². The highest BCUT2D eigenvalue weighted by molar-refractivity contribution is 6.10. The van der Waals surface area contributed by atoms with E-state index in [4.69, 9.17) is 14.2 Å². The molecule has 32 heavy (non-hydrogen) atoms. The number of amides is 2. The minimum atomic E-state index is -1.53. The van der Waals surface area contributed by atoms with Crippen LogP contribution in [-0.2, 0) is 28.6 Å². The predicted octanol–water partition coefficient (Wildman–Crippen LogP) is 2.46. The van der Waals surface area contributed by atoms with Crippen molar-refractivity contribution in [1.29, 1.82) is 0 Å². The molecule has 0 unspecified atom stereocenters. The summed E-state index contributed by atoms with van der Waals surface area (Å²) in [6, 6.07) is 13.7. The van der Waals surface area contributed by atoms with Crippen LogP contribution in [0, 0.1) is 0 Å². The van der Waals surface area contributed by atoms with Crippen molar-refractivity contribution in [3.05, 3.63) is 77.4 Å². The third-order valence-electron chi connectivity index (χ3n) is 5.00. The number of carbonyl (C=O) groups excluding carboxylic acids is 4. The van der Waals surface area contributed by atoms with Crippen LogP contribution >= 0.6 is 0 Å². The molecule has 1 aliphatic heterocycles. The van der Waals surface area contributed by atoms with Gasteiger partial charge in [0.1, 0.15) is 0 Å². The summed E-state index contributed by atoms with van der Waals surface area (Å²) in [6.07, 6.45) is 0. The summed E-state index contributed by atoms with van der Waals surface area (Å²) in [5, 5.41) is 2.70. The van der Waals surface area contributed by atoms with E-state index >= 15 is 0 Å². The Kier molecular flexibility index (Phi) is 6.89. The van der Waals surface area contributed by atoms with Crippen LogP contribution in [0.15, 0.2) is 71.8 Å². The number of benzene rings is 2. The Morgan fingerprint density at radius 2 is 1.28 bits per heavy atom. The van der Waals surface area contributed by atoms with Crippen molar-refractivity contribution in [1.82, 2.24) is 4.90 Å². The lowest BCUT2D eigenvalue weighted by Crippen LogP contribution is -2.47. The summed E-state index contributed by atoms with van der Waals surface area (Å²) in [6.45, 7) is 0. The van der Waals surface area contributed by atoms with Gasteiger partial charge in [0, 0.05) is 5.69 Å². The molecule has 166 valence electrons. The van der Waals surface area contributed by atoms with Crippen molar-refractivity contribution in [3.63, 3.8) is 0 Å². The van der Waals surface area contributed by atoms with Gasteiger partial charge in [-0.2, -0.15) is 0 Å². The molecule has 0 fully saturated rings. The molecule has 9 heteroatoms. The smallest absolute Gasteiger partial charge is 0.337 e. The fourth-order valence-corrected chi connectivity index (χ4v) is 3.63. The number of para-hydroxylation sites is 1. The fraction of sp³-hybridized carbons (Fsp3) is 0.217. The van der Waals surface area contributed by atoms with Gasteiger partial charge in [0.15, 0.2) is 6.04 Å². The number of hydrogen-bond donors (Lipinski definition) is 1. The van der Waals surface area contributed by atoms with Crippen molar-refractivity contribution in [2.24, 2.45) is 0 Å². The van der Waals surface area contributed by atoms with Crippen LogP contribution in [0.4, 0.5) is 10.5 Å². The first-order chi connectivity index (χ1) is 15.4. The second-order valence-electron chi connectivity index (χ2n) is 6.75. The Labute approximate surface area is 184 Å². The van der Waals surface area contributed by atoms with Crippen LogP contribution in [-0.4, -0.2) is 56.2 Å². The summed E-state index contributed by atoms with van der Waals surface area (Å²) >= 11 is 0. The maximum atomic E-state index is 13.4. The molecule has 9 nitrogen and oxygen atoms in total. The second-order valence-corrected chi connectivity index (χ2v) is 6.75. The Morgan fingerprint density at radius 3 is 1.81 bits per heavy atom. The number of nitrogens with zero attached hydrogens (tertiary/aromatic N) is 1. The number of urea groups is 1. The first-order valence-electron chi connectivity index (χ1n) is 9.62. The highest BCUT2D eigenvalue weighted by atomic mass is 16.5. The molecule has 0 spiro atoms. The Morgan fingerprint density at radius 1 is 0.750 bits per heavy atom. The van der Waals surface area contributed by atoms with E-state index in [0.29, 0.717) is 11.3 Å². The predicted molar refractivity (Wildman–Crippen MR) is 113 cm³/mol. The molecule has 0 bridgehead atoms. The van der Waals surface area contributed by atoms with Gasteiger partial charge in [-0.25, -0.2) is 19.2 Å². The van der Waals surface area contributed by atoms with Crippen molar-refractivity contribution in [2.75, 3.05) is 26.6 Å². The maximum absolute atomic E-state index is 13.4. The zero-order valence-corrected chi connectivity index (χ0v) is 17.7. The third-order valence-corrected chi connectivity index (χ3v) is 5.00. The van der Waals surface area contributed by atoms with Crippen molar-refractivity contribution >= 4 is 29.6 Å². The van der Waals surface area contributed by atoms with E-state index in [1.807, 2.05) is 0 Å². The van der Waals surface area contributed by atoms with Crippen molar-refractivity contribution in [2.45, 2.75) is 12.1 Å². The van der Waals surface area contributed by atoms with Crippen LogP contribution in [0.5, 0.6) is 0 Å². The van der Waals surface area contributed by atoms with Gasteiger partial charge in [0.2, 0.25) is 0 Å². The lowest BCUT2D eigenvalue weighted by molar-refractivity contribution is -0.147. The summed E-state index contributed by atoms with van der Waals surface area (Å²) in [5.74, 6) is -2.73. The molecule has 0 saturated heterocycles. The number of esters is 3. The molecule has 0 aliphatic carbocycles. The van der Waals surface area contributed by atoms with E-state index in [1.54, 1.807) is 60.7 Å². The van der Waals surface area contributed by atoms with Crippen LogP contribution in [0.1, 0.15) is 11.6 Å². The minimum Gasteiger partial charge on any atom is -0.467 e. The quantitative estimate of drug-likeness (QED) is 0.564. The number of rotatable bonds is 5. The Hall–Kier alpha value is -4.14. The third kappa shape index (κ3) is 4.18. The summed E-state index contributed by atoms with van der Waals surface area (Å²) in [7, 11) is 3.38. The summed E-state index contributed by atoms with van der Waals surface area (Å²) < 4.78 is 14.6. The lowest BCUT2D eigenvalue weighted by atomic mass is 9.97. The average Bonchev–Trinajstić information content (AvgIpc) is 3.20. The molecule has 0 saturated carbocycles. The molecular formula is C23H22N2O7. The normalized spacial score (nSPS) is 17.5. The van der Waals surface area contributed by atoms with Gasteiger partial charge >= 0.3 is 23.9 Å². The van der Waals surface area contributed by atoms with E-state index in [2.05, 4.69) is 5.32 Å². The van der Waals surface area contributed by atoms with Gasteiger partial charge in [0.25, 0.3) is 0 Å². The molecule has 0 radical (unpaired) electrons. The number of hydrogen-bond acceptors (Lipinski definition) is 7. The van der Waals surface area contributed by atoms with Gasteiger partial charge in [-0.1, -0.05) is 48.5 Å². The number of anilines is 1. The monoisotopic (exact) mass is 438 g/mol. The SMILES string of the molecule is COC(=O)C1=C(C(=O)OC)[C@H](c2ccccc2)N(C(=O)Nc2ccccc2)[C@@H]1C(=O)OC. The van der Waals surface area contributed by atoms with Gasteiger partial charge in [0.05, 0.1) is 38.5 Å². The second kappa shape index (κ2) is 9.78. The molecule has 0 aromatic heterocycles. The molecule has 2 aromatic rings. The molecule has 2 atom stereocenters. The van der Waals surface area contributed by atoms with E-state index in [0.717, 1.165) is 26.2 Å². The van der Waals surface area contributed by atoms with E-state index in [9.17, 15) is 19.2 Å². The molecule has 1 aliphatic rings. The van der Waals surface area contributed by atoms with Gasteiger partial charge in [-0.05, 0) is 17.7 Å². The van der Waals surface area contributed by atoms with Crippen LogP contribution in [0.2, 0.25) is 0 Å². The largest absolute Gasteiger partial charge is 0.467 e. The van der Waals surface area contributed by atoms with E-state index in [-0.39, 0.29) is 11.1 Å². The molecule has 2 aromatic carbocycles. The molecular weight excluding hydrogens is 416 g/mol. The number of nitrogens with one attached hydrogen (secondary N) is 1. The van der Waals surface area contributed by atoms with Gasteiger partial charge < -0.3 is 19.5 Å². The zero-order chi connectivity index (χ0) is 23.3. The van der Waals surface area contributed by atoms with Crippen molar-refractivity contribution < 1.29 is 33.4 Å². The minimum absolute atomic E-state index is 0.177. The van der Waals surface area contributed by atoms with Crippen LogP contribution in [0.3, 0.4) is 0 Å². The van der Waals surface area contributed by atoms with Crippen LogP contribution in [0.25, 0.3) is 0 Å². The summed E-state index contributed by atoms with van der Waals surface area (Å²) in [5.41, 5.74) is 0.454. The molecule has 1 N–H and O–H groups in total. The first kappa shape index (κ1) is 22.5. The topological polar surface area (TPSA) is 111 Å². The van der Waals surface area contributed by atoms with Gasteiger partial charge in [-0.3, -0.25) is 4.90 Å². The Balaban J connectivity index is 2.23. The van der Waals surface area contributed by atoms with Crippen molar-refractivity contribution in [3.8, 4) is 0 Å². The Bertz CT molecular complexity index is 1050. The zero-order valence-electron chi connectivity index (χ0n) is 17.7. The highest BCUT2D eigenvalue weighted by Gasteiger charge is 2.53. The first-order valence-corrected chi connectivity index (χ1v) is 9.62. The summed E-state index contributed by atoms with van der Waals surface area (Å²) in [4.78, 5) is 52.9. The number of methoxy groups -OCH3 is 3. The van der Waals surface area contributed by atoms with Gasteiger partial charge in [-0.15, -0.1) is 0 Å². The maximum Gasteiger partial charge on any atom is 0.337 e. The molecule has 1 heterocycles. The standard InChI is InChI=1S/C23H22N2O7/c1-30-20(26)16-17(21(27)31-2)19(22(28)32-3)25(18(16)14-10-6-4-7-11-14)23(29)24-15-12-8-5-9-13-15/h4-13,18-19H,1-3H3,(H,24,29)/t18-,19-/m0/s1.